The van der Waals surface area contributed by atoms with E-state index < -0.39 is 0 Å². The van der Waals surface area contributed by atoms with E-state index in [2.05, 4.69) is 37.0 Å². The standard InChI is InChI=1S/C19H20N2OS2/c1-12(2)14-7-10-16-17(11-14)24-19(21(16)3)20-18(22)13-5-8-15(23-4)9-6-13/h5-12H,1-4H3. The van der Waals surface area contributed by atoms with Crippen molar-refractivity contribution in [2.45, 2.75) is 24.7 Å². The van der Waals surface area contributed by atoms with Crippen LogP contribution in [0.3, 0.4) is 0 Å². The van der Waals surface area contributed by atoms with Crippen molar-refractivity contribution < 1.29 is 4.79 Å². The number of aromatic nitrogens is 1. The molecular formula is C19H20N2OS2. The highest BCUT2D eigenvalue weighted by molar-refractivity contribution is 7.98. The Morgan fingerprint density at radius 3 is 2.50 bits per heavy atom. The van der Waals surface area contributed by atoms with Crippen LogP contribution in [0, 0.1) is 0 Å². The average Bonchev–Trinajstić information content (AvgIpc) is 2.90. The summed E-state index contributed by atoms with van der Waals surface area (Å²) < 4.78 is 3.14. The normalized spacial score (nSPS) is 12.3. The predicted octanol–water partition coefficient (Wildman–Crippen LogP) is 4.83. The van der Waals surface area contributed by atoms with Gasteiger partial charge in [-0.1, -0.05) is 31.3 Å². The highest BCUT2D eigenvalue weighted by Gasteiger charge is 2.09. The molecule has 5 heteroatoms. The van der Waals surface area contributed by atoms with E-state index in [1.807, 2.05) is 42.1 Å². The molecule has 1 amide bonds. The second-order valence-electron chi connectivity index (χ2n) is 5.97. The first-order valence-electron chi connectivity index (χ1n) is 7.82. The molecule has 124 valence electrons. The quantitative estimate of drug-likeness (QED) is 0.630. The van der Waals surface area contributed by atoms with Gasteiger partial charge in [0.05, 0.1) is 10.2 Å². The molecule has 1 heterocycles. The third kappa shape index (κ3) is 3.32. The third-order valence-corrected chi connectivity index (χ3v) is 5.87. The topological polar surface area (TPSA) is 34.4 Å². The number of nitrogens with zero attached hydrogens (tertiary/aromatic N) is 2. The third-order valence-electron chi connectivity index (χ3n) is 4.03. The van der Waals surface area contributed by atoms with E-state index in [4.69, 9.17) is 0 Å². The number of carbonyl (C=O) groups is 1. The number of aryl methyl sites for hydroxylation is 1. The fraction of sp³-hybridized carbons (Fsp3) is 0.263. The smallest absolute Gasteiger partial charge is 0.279 e. The summed E-state index contributed by atoms with van der Waals surface area (Å²) in [5.41, 5.74) is 3.02. The van der Waals surface area contributed by atoms with Crippen molar-refractivity contribution >= 4 is 39.2 Å². The highest BCUT2D eigenvalue weighted by atomic mass is 32.2. The van der Waals surface area contributed by atoms with Crippen molar-refractivity contribution in [3.05, 3.63) is 58.4 Å². The lowest BCUT2D eigenvalue weighted by molar-refractivity contribution is 0.0998. The van der Waals surface area contributed by atoms with E-state index in [0.717, 1.165) is 19.9 Å². The lowest BCUT2D eigenvalue weighted by Crippen LogP contribution is -2.13. The van der Waals surface area contributed by atoms with Crippen LogP contribution in [0.2, 0.25) is 0 Å². The molecule has 0 aliphatic rings. The van der Waals surface area contributed by atoms with Crippen LogP contribution in [0.15, 0.2) is 52.4 Å². The maximum atomic E-state index is 12.4. The number of hydrogen-bond acceptors (Lipinski definition) is 3. The summed E-state index contributed by atoms with van der Waals surface area (Å²) in [6.45, 7) is 4.36. The highest BCUT2D eigenvalue weighted by Crippen LogP contribution is 2.23. The maximum Gasteiger partial charge on any atom is 0.279 e. The molecule has 0 bridgehead atoms. The second kappa shape index (κ2) is 6.95. The van der Waals surface area contributed by atoms with Gasteiger partial charge in [0.2, 0.25) is 0 Å². The van der Waals surface area contributed by atoms with Crippen molar-refractivity contribution in [2.75, 3.05) is 6.26 Å². The number of rotatable bonds is 3. The number of hydrogen-bond donors (Lipinski definition) is 0. The molecule has 0 fully saturated rings. The molecule has 0 saturated heterocycles. The molecule has 3 aromatic rings. The molecule has 0 aliphatic heterocycles. The van der Waals surface area contributed by atoms with E-state index in [1.165, 1.54) is 5.56 Å². The first-order chi connectivity index (χ1) is 11.5. The molecule has 0 N–H and O–H groups in total. The summed E-state index contributed by atoms with van der Waals surface area (Å²) in [5, 5.41) is 0. The molecule has 24 heavy (non-hydrogen) atoms. The Balaban J connectivity index is 2.02. The van der Waals surface area contributed by atoms with E-state index in [1.54, 1.807) is 23.1 Å². The molecule has 2 aromatic carbocycles. The zero-order chi connectivity index (χ0) is 17.3. The molecule has 3 rings (SSSR count). The number of carbonyl (C=O) groups excluding carboxylic acids is 1. The van der Waals surface area contributed by atoms with Crippen LogP contribution in [-0.4, -0.2) is 16.7 Å². The van der Waals surface area contributed by atoms with Gasteiger partial charge >= 0.3 is 0 Å². The summed E-state index contributed by atoms with van der Waals surface area (Å²) in [6, 6.07) is 14.0. The van der Waals surface area contributed by atoms with E-state index in [-0.39, 0.29) is 5.91 Å². The SMILES string of the molecule is CSc1ccc(C(=O)N=c2sc3cc(C(C)C)ccc3n2C)cc1. The van der Waals surface area contributed by atoms with Crippen LogP contribution in [0.5, 0.6) is 0 Å². The molecule has 0 radical (unpaired) electrons. The Bertz CT molecular complexity index is 950. The molecular weight excluding hydrogens is 336 g/mol. The van der Waals surface area contributed by atoms with Crippen LogP contribution >= 0.6 is 23.1 Å². The summed E-state index contributed by atoms with van der Waals surface area (Å²) in [7, 11) is 1.96. The van der Waals surface area contributed by atoms with E-state index in [9.17, 15) is 4.79 Å². The Kier molecular flexibility index (Phi) is 4.92. The van der Waals surface area contributed by atoms with Gasteiger partial charge in [0.25, 0.3) is 5.91 Å². The molecule has 0 saturated carbocycles. The fourth-order valence-corrected chi connectivity index (χ4v) is 3.97. The minimum Gasteiger partial charge on any atom is -0.319 e. The van der Waals surface area contributed by atoms with Crippen molar-refractivity contribution in [1.82, 2.24) is 4.57 Å². The van der Waals surface area contributed by atoms with Gasteiger partial charge in [0, 0.05) is 17.5 Å². The molecule has 0 unspecified atom stereocenters. The van der Waals surface area contributed by atoms with Gasteiger partial charge < -0.3 is 4.57 Å². The number of fused-ring (bicyclic) bond motifs is 1. The monoisotopic (exact) mass is 356 g/mol. The zero-order valence-corrected chi connectivity index (χ0v) is 15.9. The van der Waals surface area contributed by atoms with E-state index in [0.29, 0.717) is 11.5 Å². The Morgan fingerprint density at radius 1 is 1.17 bits per heavy atom. The number of thiazole rings is 1. The van der Waals surface area contributed by atoms with E-state index >= 15 is 0 Å². The van der Waals surface area contributed by atoms with Crippen LogP contribution in [-0.2, 0) is 7.05 Å². The van der Waals surface area contributed by atoms with Gasteiger partial charge in [-0.2, -0.15) is 4.99 Å². The number of benzene rings is 2. The molecule has 0 aliphatic carbocycles. The predicted molar refractivity (Wildman–Crippen MR) is 103 cm³/mol. The molecule has 0 atom stereocenters. The van der Waals surface area contributed by atoms with Gasteiger partial charge in [-0.05, 0) is 54.1 Å². The van der Waals surface area contributed by atoms with Crippen LogP contribution in [0.4, 0.5) is 0 Å². The van der Waals surface area contributed by atoms with Crippen LogP contribution in [0.1, 0.15) is 35.7 Å². The minimum atomic E-state index is -0.200. The largest absolute Gasteiger partial charge is 0.319 e. The summed E-state index contributed by atoms with van der Waals surface area (Å²) in [6.07, 6.45) is 2.02. The van der Waals surface area contributed by atoms with Gasteiger partial charge in [-0.25, -0.2) is 0 Å². The van der Waals surface area contributed by atoms with Crippen molar-refractivity contribution in [1.29, 1.82) is 0 Å². The lowest BCUT2D eigenvalue weighted by Gasteiger charge is -2.04. The molecule has 3 nitrogen and oxygen atoms in total. The summed E-state index contributed by atoms with van der Waals surface area (Å²) in [5.74, 6) is 0.285. The van der Waals surface area contributed by atoms with Gasteiger partial charge in [-0.15, -0.1) is 11.8 Å². The average molecular weight is 357 g/mol. The van der Waals surface area contributed by atoms with Crippen molar-refractivity contribution in [2.24, 2.45) is 12.0 Å². The van der Waals surface area contributed by atoms with Gasteiger partial charge in [0.15, 0.2) is 4.80 Å². The second-order valence-corrected chi connectivity index (χ2v) is 7.86. The van der Waals surface area contributed by atoms with Gasteiger partial charge in [0.1, 0.15) is 0 Å². The number of amides is 1. The maximum absolute atomic E-state index is 12.4. The minimum absolute atomic E-state index is 0.200. The van der Waals surface area contributed by atoms with Crippen molar-refractivity contribution in [3.8, 4) is 0 Å². The first-order valence-corrected chi connectivity index (χ1v) is 9.86. The number of thioether (sulfide) groups is 1. The Hall–Kier alpha value is -1.85. The summed E-state index contributed by atoms with van der Waals surface area (Å²) >= 11 is 3.22. The first kappa shape index (κ1) is 17.0. The van der Waals surface area contributed by atoms with Crippen LogP contribution < -0.4 is 4.80 Å². The van der Waals surface area contributed by atoms with Crippen molar-refractivity contribution in [3.63, 3.8) is 0 Å². The zero-order valence-electron chi connectivity index (χ0n) is 14.2. The Morgan fingerprint density at radius 2 is 1.88 bits per heavy atom. The lowest BCUT2D eigenvalue weighted by atomic mass is 10.0. The molecule has 1 aromatic heterocycles. The van der Waals surface area contributed by atoms with Gasteiger partial charge in [-0.3, -0.25) is 4.79 Å². The van der Waals surface area contributed by atoms with Crippen LogP contribution in [0.25, 0.3) is 10.2 Å². The fourth-order valence-electron chi connectivity index (χ4n) is 2.50. The summed E-state index contributed by atoms with van der Waals surface area (Å²) in [4.78, 5) is 18.6. The Labute approximate surface area is 150 Å². The molecule has 0 spiro atoms.